The van der Waals surface area contributed by atoms with Crippen molar-refractivity contribution in [2.75, 3.05) is 13.1 Å². The van der Waals surface area contributed by atoms with Gasteiger partial charge in [0.2, 0.25) is 10.0 Å². The number of fused-ring (bicyclic) bond motifs is 1. The summed E-state index contributed by atoms with van der Waals surface area (Å²) in [4.78, 5) is 4.80. The first-order valence-electron chi connectivity index (χ1n) is 12.0. The molecule has 194 valence electrons. The number of nitrogens with zero attached hydrogens (tertiary/aromatic N) is 7. The molecule has 0 radical (unpaired) electrons. The van der Waals surface area contributed by atoms with Gasteiger partial charge in [-0.3, -0.25) is 0 Å². The fourth-order valence-corrected chi connectivity index (χ4v) is 7.78. The van der Waals surface area contributed by atoms with E-state index in [1.54, 1.807) is 60.8 Å². The molecule has 0 unspecified atom stereocenters. The molecule has 1 fully saturated rings. The SMILES string of the molecule is O=S(=O)(c1ccc(-c2ccnc3c2cc(Cn2cnnn2)n3S(=O)(=O)c2ccccc2)cc1)N1CCCC1. The molecule has 0 N–H and O–H groups in total. The second kappa shape index (κ2) is 9.42. The first-order chi connectivity index (χ1) is 18.4. The Morgan fingerprint density at radius 3 is 2.21 bits per heavy atom. The van der Waals surface area contributed by atoms with Gasteiger partial charge in [-0.05, 0) is 70.8 Å². The van der Waals surface area contributed by atoms with E-state index in [-0.39, 0.29) is 22.0 Å². The summed E-state index contributed by atoms with van der Waals surface area (Å²) in [6.45, 7) is 1.16. The molecule has 13 heteroatoms. The fraction of sp³-hybridized carbons (Fsp3) is 0.200. The van der Waals surface area contributed by atoms with Gasteiger partial charge < -0.3 is 0 Å². The largest absolute Gasteiger partial charge is 0.269 e. The summed E-state index contributed by atoms with van der Waals surface area (Å²) in [6, 6.07) is 18.3. The lowest BCUT2D eigenvalue weighted by Gasteiger charge is -2.15. The summed E-state index contributed by atoms with van der Waals surface area (Å²) >= 11 is 0. The lowest BCUT2D eigenvalue weighted by atomic mass is 10.0. The van der Waals surface area contributed by atoms with Crippen molar-refractivity contribution in [1.82, 2.24) is 33.5 Å². The van der Waals surface area contributed by atoms with E-state index in [9.17, 15) is 16.8 Å². The molecule has 0 aliphatic carbocycles. The van der Waals surface area contributed by atoms with Crippen LogP contribution in [-0.2, 0) is 26.6 Å². The predicted octanol–water partition coefficient (Wildman–Crippen LogP) is 2.76. The Labute approximate surface area is 219 Å². The normalized spacial score (nSPS) is 14.8. The van der Waals surface area contributed by atoms with Crippen molar-refractivity contribution in [2.45, 2.75) is 29.2 Å². The minimum atomic E-state index is -4.00. The predicted molar refractivity (Wildman–Crippen MR) is 139 cm³/mol. The maximum atomic E-state index is 13.8. The third-order valence-corrected chi connectivity index (χ3v) is 10.3. The highest BCUT2D eigenvalue weighted by Gasteiger charge is 2.28. The van der Waals surface area contributed by atoms with Gasteiger partial charge >= 0.3 is 0 Å². The van der Waals surface area contributed by atoms with Crippen molar-refractivity contribution in [3.63, 3.8) is 0 Å². The van der Waals surface area contributed by atoms with Crippen LogP contribution in [0, 0.1) is 0 Å². The van der Waals surface area contributed by atoms with Gasteiger partial charge in [-0.1, -0.05) is 30.3 Å². The number of hydrogen-bond acceptors (Lipinski definition) is 8. The standard InChI is InChI=1S/C25H23N7O4S2/c33-37(34,31-14-4-5-15-31)22-10-8-19(9-11-22)23-12-13-26-25-24(23)16-20(17-30-18-27-28-29-30)32(25)38(35,36)21-6-2-1-3-7-21/h1-3,6-13,16,18H,4-5,14-15,17H2. The topological polar surface area (TPSA) is 133 Å². The molecule has 1 saturated heterocycles. The molecule has 11 nitrogen and oxygen atoms in total. The van der Waals surface area contributed by atoms with Gasteiger partial charge in [0.05, 0.1) is 22.0 Å². The third kappa shape index (κ3) is 4.18. The monoisotopic (exact) mass is 549 g/mol. The number of tetrazole rings is 1. The highest BCUT2D eigenvalue weighted by molar-refractivity contribution is 7.90. The Hall–Kier alpha value is -3.94. The van der Waals surface area contributed by atoms with Gasteiger partial charge in [0, 0.05) is 24.7 Å². The summed E-state index contributed by atoms with van der Waals surface area (Å²) in [5.74, 6) is 0. The number of pyridine rings is 1. The average Bonchev–Trinajstić information content (AvgIpc) is 3.71. The number of hydrogen-bond donors (Lipinski definition) is 0. The highest BCUT2D eigenvalue weighted by Crippen LogP contribution is 2.33. The minimum Gasteiger partial charge on any atom is -0.237 e. The van der Waals surface area contributed by atoms with E-state index in [1.165, 1.54) is 31.4 Å². The van der Waals surface area contributed by atoms with Crippen molar-refractivity contribution in [3.8, 4) is 11.1 Å². The molecule has 0 spiro atoms. The molecule has 0 saturated carbocycles. The van der Waals surface area contributed by atoms with Crippen LogP contribution in [0.1, 0.15) is 18.5 Å². The molecular formula is C25H23N7O4S2. The van der Waals surface area contributed by atoms with Crippen LogP contribution in [0.5, 0.6) is 0 Å². The number of rotatable bonds is 7. The first kappa shape index (κ1) is 24.4. The third-order valence-electron chi connectivity index (χ3n) is 6.60. The Bertz CT molecular complexity index is 1810. The number of sulfonamides is 1. The molecule has 1 aliphatic heterocycles. The Balaban J connectivity index is 1.49. The van der Waals surface area contributed by atoms with Gasteiger partial charge in [0.15, 0.2) is 5.65 Å². The number of aromatic nitrogens is 6. The van der Waals surface area contributed by atoms with Crippen LogP contribution >= 0.6 is 0 Å². The van der Waals surface area contributed by atoms with Crippen molar-refractivity contribution in [2.24, 2.45) is 0 Å². The van der Waals surface area contributed by atoms with Crippen molar-refractivity contribution in [1.29, 1.82) is 0 Å². The van der Waals surface area contributed by atoms with Crippen molar-refractivity contribution >= 4 is 31.1 Å². The molecule has 0 bridgehead atoms. The fourth-order valence-electron chi connectivity index (χ4n) is 4.76. The van der Waals surface area contributed by atoms with E-state index in [0.717, 1.165) is 24.0 Å². The molecule has 4 heterocycles. The van der Waals surface area contributed by atoms with E-state index in [2.05, 4.69) is 20.5 Å². The molecule has 5 aromatic rings. The second-order valence-corrected chi connectivity index (χ2v) is 12.7. The van der Waals surface area contributed by atoms with E-state index in [1.807, 2.05) is 0 Å². The van der Waals surface area contributed by atoms with Gasteiger partial charge in [0.25, 0.3) is 10.0 Å². The molecule has 0 atom stereocenters. The van der Waals surface area contributed by atoms with Gasteiger partial charge in [-0.15, -0.1) is 5.10 Å². The van der Waals surface area contributed by atoms with Gasteiger partial charge in [0.1, 0.15) is 6.33 Å². The van der Waals surface area contributed by atoms with E-state index in [0.29, 0.717) is 24.2 Å². The van der Waals surface area contributed by atoms with E-state index in [4.69, 9.17) is 0 Å². The molecule has 2 aromatic carbocycles. The van der Waals surface area contributed by atoms with Crippen LogP contribution in [0.15, 0.2) is 89.0 Å². The quantitative estimate of drug-likeness (QED) is 0.303. The molecular weight excluding hydrogens is 526 g/mol. The summed E-state index contributed by atoms with van der Waals surface area (Å²) in [6.07, 6.45) is 4.68. The first-order valence-corrected chi connectivity index (χ1v) is 14.8. The highest BCUT2D eigenvalue weighted by atomic mass is 32.2. The lowest BCUT2D eigenvalue weighted by Crippen LogP contribution is -2.27. The molecule has 38 heavy (non-hydrogen) atoms. The van der Waals surface area contributed by atoms with Crippen LogP contribution in [0.4, 0.5) is 0 Å². The summed E-state index contributed by atoms with van der Waals surface area (Å²) in [7, 11) is -7.55. The number of benzene rings is 2. The lowest BCUT2D eigenvalue weighted by molar-refractivity contribution is 0.477. The van der Waals surface area contributed by atoms with Crippen molar-refractivity contribution in [3.05, 3.63) is 84.9 Å². The molecule has 6 rings (SSSR count). The second-order valence-electron chi connectivity index (χ2n) is 8.96. The zero-order chi connectivity index (χ0) is 26.3. The average molecular weight is 550 g/mol. The van der Waals surface area contributed by atoms with Crippen molar-refractivity contribution < 1.29 is 16.8 Å². The Kier molecular flexibility index (Phi) is 6.05. The van der Waals surface area contributed by atoms with E-state index < -0.39 is 20.0 Å². The summed E-state index contributed by atoms with van der Waals surface area (Å²) < 4.78 is 57.6. The van der Waals surface area contributed by atoms with Crippen LogP contribution in [-0.4, -0.2) is 63.4 Å². The molecule has 0 amide bonds. The Morgan fingerprint density at radius 2 is 1.53 bits per heavy atom. The smallest absolute Gasteiger partial charge is 0.237 e. The van der Waals surface area contributed by atoms with E-state index >= 15 is 0 Å². The molecule has 3 aromatic heterocycles. The van der Waals surface area contributed by atoms with Crippen LogP contribution in [0.2, 0.25) is 0 Å². The zero-order valence-corrected chi connectivity index (χ0v) is 21.8. The maximum absolute atomic E-state index is 13.8. The van der Waals surface area contributed by atoms with Gasteiger partial charge in [-0.25, -0.2) is 30.5 Å². The van der Waals surface area contributed by atoms with Crippen LogP contribution < -0.4 is 0 Å². The van der Waals surface area contributed by atoms with Gasteiger partial charge in [-0.2, -0.15) is 4.31 Å². The van der Waals surface area contributed by atoms with Crippen LogP contribution in [0.25, 0.3) is 22.2 Å². The Morgan fingerprint density at radius 1 is 0.816 bits per heavy atom. The summed E-state index contributed by atoms with van der Waals surface area (Å²) in [5.41, 5.74) is 2.13. The zero-order valence-electron chi connectivity index (χ0n) is 20.1. The van der Waals surface area contributed by atoms with Crippen LogP contribution in [0.3, 0.4) is 0 Å². The summed E-state index contributed by atoms with van der Waals surface area (Å²) in [5, 5.41) is 11.8. The minimum absolute atomic E-state index is 0.0991. The maximum Gasteiger partial charge on any atom is 0.269 e. The molecule has 1 aliphatic rings.